The number of nitrogens with one attached hydrogen (secondary N) is 2. The fraction of sp³-hybridized carbons (Fsp3) is 0.600. The van der Waals surface area contributed by atoms with Crippen molar-refractivity contribution < 1.29 is 14.0 Å². The lowest BCUT2D eigenvalue weighted by Gasteiger charge is -2.31. The summed E-state index contributed by atoms with van der Waals surface area (Å²) in [5, 5.41) is 5.85. The molecule has 27 heavy (non-hydrogen) atoms. The Kier molecular flexibility index (Phi) is 7.13. The molecular formula is C20H28FN3O2S. The van der Waals surface area contributed by atoms with E-state index in [4.69, 9.17) is 0 Å². The van der Waals surface area contributed by atoms with Gasteiger partial charge >= 0.3 is 0 Å². The SMILES string of the molecule is CN(C(=O)CSCC(=O)Nc1ccc2c(c1F)CCNC2)C1CCCCC1. The minimum absolute atomic E-state index is 0.0622. The van der Waals surface area contributed by atoms with Gasteiger partial charge in [0.25, 0.3) is 0 Å². The quantitative estimate of drug-likeness (QED) is 0.780. The molecule has 1 saturated carbocycles. The van der Waals surface area contributed by atoms with Crippen molar-refractivity contribution in [3.8, 4) is 0 Å². The highest BCUT2D eigenvalue weighted by atomic mass is 32.2. The van der Waals surface area contributed by atoms with E-state index < -0.39 is 0 Å². The number of nitrogens with zero attached hydrogens (tertiary/aromatic N) is 1. The van der Waals surface area contributed by atoms with Crippen molar-refractivity contribution in [1.29, 1.82) is 0 Å². The Labute approximate surface area is 164 Å². The lowest BCUT2D eigenvalue weighted by atomic mass is 9.94. The summed E-state index contributed by atoms with van der Waals surface area (Å²) in [6.45, 7) is 1.40. The minimum Gasteiger partial charge on any atom is -0.342 e. The molecule has 5 nitrogen and oxygen atoms in total. The number of thioether (sulfide) groups is 1. The molecule has 0 atom stereocenters. The molecule has 7 heteroatoms. The topological polar surface area (TPSA) is 61.4 Å². The molecule has 1 fully saturated rings. The van der Waals surface area contributed by atoms with Crippen LogP contribution in [0.25, 0.3) is 0 Å². The number of benzene rings is 1. The van der Waals surface area contributed by atoms with Crippen LogP contribution in [0.5, 0.6) is 0 Å². The van der Waals surface area contributed by atoms with Crippen LogP contribution >= 0.6 is 11.8 Å². The minimum atomic E-state index is -0.333. The summed E-state index contributed by atoms with van der Waals surface area (Å²) in [7, 11) is 1.86. The number of amides is 2. The summed E-state index contributed by atoms with van der Waals surface area (Å²) < 4.78 is 14.6. The maximum atomic E-state index is 14.6. The molecule has 3 rings (SSSR count). The molecule has 1 aromatic carbocycles. The van der Waals surface area contributed by atoms with Gasteiger partial charge in [-0.05, 0) is 43.0 Å². The third-order valence-electron chi connectivity index (χ3n) is 5.46. The first-order chi connectivity index (χ1) is 13.1. The van der Waals surface area contributed by atoms with Gasteiger partial charge in [0.2, 0.25) is 11.8 Å². The fourth-order valence-electron chi connectivity index (χ4n) is 3.82. The van der Waals surface area contributed by atoms with Crippen molar-refractivity contribution in [1.82, 2.24) is 10.2 Å². The van der Waals surface area contributed by atoms with E-state index in [1.54, 1.807) is 6.07 Å². The van der Waals surface area contributed by atoms with Crippen molar-refractivity contribution in [3.05, 3.63) is 29.1 Å². The molecule has 2 amide bonds. The molecule has 148 valence electrons. The lowest BCUT2D eigenvalue weighted by molar-refractivity contribution is -0.129. The Balaban J connectivity index is 1.45. The largest absolute Gasteiger partial charge is 0.342 e. The predicted octanol–water partition coefficient (Wildman–Crippen LogP) is 2.93. The van der Waals surface area contributed by atoms with Gasteiger partial charge in [-0.25, -0.2) is 4.39 Å². The van der Waals surface area contributed by atoms with Crippen molar-refractivity contribution >= 4 is 29.3 Å². The van der Waals surface area contributed by atoms with Crippen molar-refractivity contribution in [3.63, 3.8) is 0 Å². The first-order valence-corrected chi connectivity index (χ1v) is 10.9. The van der Waals surface area contributed by atoms with Crippen LogP contribution < -0.4 is 10.6 Å². The van der Waals surface area contributed by atoms with Crippen LogP contribution in [-0.4, -0.2) is 47.9 Å². The van der Waals surface area contributed by atoms with Crippen LogP contribution in [0.1, 0.15) is 43.2 Å². The molecule has 0 aromatic heterocycles. The highest BCUT2D eigenvalue weighted by molar-refractivity contribution is 8.00. The van der Waals surface area contributed by atoms with Crippen molar-refractivity contribution in [2.45, 2.75) is 51.1 Å². The number of halogens is 1. The van der Waals surface area contributed by atoms with E-state index in [2.05, 4.69) is 10.6 Å². The smallest absolute Gasteiger partial charge is 0.234 e. The first-order valence-electron chi connectivity index (χ1n) is 9.70. The Morgan fingerprint density at radius 2 is 2.04 bits per heavy atom. The zero-order valence-corrected chi connectivity index (χ0v) is 16.7. The Morgan fingerprint density at radius 3 is 2.81 bits per heavy atom. The summed E-state index contributed by atoms with van der Waals surface area (Å²) in [4.78, 5) is 26.3. The number of anilines is 1. The monoisotopic (exact) mass is 393 g/mol. The molecule has 0 bridgehead atoms. The molecule has 0 unspecified atom stereocenters. The van der Waals surface area contributed by atoms with E-state index in [-0.39, 0.29) is 34.8 Å². The third-order valence-corrected chi connectivity index (χ3v) is 6.37. The average molecular weight is 394 g/mol. The first kappa shape index (κ1) is 20.1. The molecule has 1 aliphatic carbocycles. The Bertz CT molecular complexity index is 692. The Hall–Kier alpha value is -1.60. The molecule has 2 aliphatic rings. The summed E-state index contributed by atoms with van der Waals surface area (Å²) in [6.07, 6.45) is 6.38. The number of carbonyl (C=O) groups is 2. The molecule has 2 N–H and O–H groups in total. The van der Waals surface area contributed by atoms with Gasteiger partial charge in [0.1, 0.15) is 5.82 Å². The van der Waals surface area contributed by atoms with Gasteiger partial charge in [0.15, 0.2) is 0 Å². The normalized spacial score (nSPS) is 17.3. The van der Waals surface area contributed by atoms with Crippen LogP contribution in [0, 0.1) is 5.82 Å². The second-order valence-corrected chi connectivity index (χ2v) is 8.31. The van der Waals surface area contributed by atoms with E-state index in [1.165, 1.54) is 31.0 Å². The highest BCUT2D eigenvalue weighted by Crippen LogP contribution is 2.25. The number of fused-ring (bicyclic) bond motifs is 1. The van der Waals surface area contributed by atoms with Crippen LogP contribution in [0.3, 0.4) is 0 Å². The molecule has 1 aliphatic heterocycles. The number of rotatable bonds is 6. The number of hydrogen-bond acceptors (Lipinski definition) is 4. The second-order valence-electron chi connectivity index (χ2n) is 7.33. The molecule has 1 heterocycles. The Morgan fingerprint density at radius 1 is 1.26 bits per heavy atom. The molecule has 0 saturated heterocycles. The van der Waals surface area contributed by atoms with E-state index >= 15 is 0 Å². The summed E-state index contributed by atoms with van der Waals surface area (Å²) in [5.41, 5.74) is 1.86. The van der Waals surface area contributed by atoms with Gasteiger partial charge in [0.05, 0.1) is 17.2 Å². The summed E-state index contributed by atoms with van der Waals surface area (Å²) in [6, 6.07) is 3.81. The molecule has 0 radical (unpaired) electrons. The standard InChI is InChI=1S/C20H28FN3O2S/c1-24(15-5-3-2-4-6-15)19(26)13-27-12-18(25)23-17-8-7-14-11-22-10-9-16(14)20(17)21/h7-8,15,22H,2-6,9-13H2,1H3,(H,23,25). The van der Waals surface area contributed by atoms with E-state index in [0.717, 1.165) is 24.9 Å². The van der Waals surface area contributed by atoms with Crippen molar-refractivity contribution in [2.75, 3.05) is 30.4 Å². The fourth-order valence-corrected chi connectivity index (χ4v) is 4.56. The molecule has 1 aromatic rings. The van der Waals surface area contributed by atoms with Gasteiger partial charge in [-0.1, -0.05) is 25.3 Å². The lowest BCUT2D eigenvalue weighted by Crippen LogP contribution is -2.39. The van der Waals surface area contributed by atoms with E-state index in [1.807, 2.05) is 18.0 Å². The van der Waals surface area contributed by atoms with Crippen LogP contribution in [0.4, 0.5) is 10.1 Å². The van der Waals surface area contributed by atoms with Gasteiger partial charge in [-0.2, -0.15) is 0 Å². The summed E-state index contributed by atoms with van der Waals surface area (Å²) in [5.74, 6) is -0.130. The van der Waals surface area contributed by atoms with Gasteiger partial charge in [-0.15, -0.1) is 11.8 Å². The van der Waals surface area contributed by atoms with Crippen molar-refractivity contribution in [2.24, 2.45) is 0 Å². The maximum absolute atomic E-state index is 14.6. The van der Waals surface area contributed by atoms with Crippen LogP contribution in [-0.2, 0) is 22.6 Å². The second kappa shape index (κ2) is 9.55. The summed E-state index contributed by atoms with van der Waals surface area (Å²) >= 11 is 1.28. The predicted molar refractivity (Wildman–Crippen MR) is 107 cm³/mol. The maximum Gasteiger partial charge on any atom is 0.234 e. The van der Waals surface area contributed by atoms with Gasteiger partial charge < -0.3 is 15.5 Å². The molecule has 0 spiro atoms. The number of carbonyl (C=O) groups excluding carboxylic acids is 2. The van der Waals surface area contributed by atoms with Gasteiger partial charge in [0, 0.05) is 19.6 Å². The zero-order chi connectivity index (χ0) is 19.2. The molecular weight excluding hydrogens is 365 g/mol. The highest BCUT2D eigenvalue weighted by Gasteiger charge is 2.22. The van der Waals surface area contributed by atoms with Crippen LogP contribution in [0.15, 0.2) is 12.1 Å². The zero-order valence-electron chi connectivity index (χ0n) is 15.9. The van der Waals surface area contributed by atoms with Crippen LogP contribution in [0.2, 0.25) is 0 Å². The van der Waals surface area contributed by atoms with E-state index in [0.29, 0.717) is 24.6 Å². The van der Waals surface area contributed by atoms with E-state index in [9.17, 15) is 14.0 Å². The van der Waals surface area contributed by atoms with Gasteiger partial charge in [-0.3, -0.25) is 9.59 Å². The number of hydrogen-bond donors (Lipinski definition) is 2. The third kappa shape index (κ3) is 5.23. The average Bonchev–Trinajstić information content (AvgIpc) is 2.70.